The molecule has 1 saturated carbocycles. The van der Waals surface area contributed by atoms with Crippen LogP contribution >= 0.6 is 12.6 Å². The molecule has 4 rings (SSSR count). The molecule has 188 valence electrons. The van der Waals surface area contributed by atoms with Gasteiger partial charge in [0.25, 0.3) is 0 Å². The van der Waals surface area contributed by atoms with Gasteiger partial charge in [-0.15, -0.1) is 12.6 Å². The number of hydrogen-bond acceptors (Lipinski definition) is 5. The molecule has 35 heavy (non-hydrogen) atoms. The maximum absolute atomic E-state index is 12.6. The van der Waals surface area contributed by atoms with Crippen LogP contribution < -0.4 is 11.1 Å². The Labute approximate surface area is 215 Å². The van der Waals surface area contributed by atoms with Crippen LogP contribution in [0.2, 0.25) is 0 Å². The predicted octanol–water partition coefficient (Wildman–Crippen LogP) is 4.16. The number of thiol groups is 1. The third-order valence-corrected chi connectivity index (χ3v) is 6.07. The molecule has 0 radical (unpaired) electrons. The molecule has 0 unspecified atom stereocenters. The van der Waals surface area contributed by atoms with Crippen LogP contribution in [0.3, 0.4) is 0 Å². The van der Waals surface area contributed by atoms with Crippen LogP contribution in [0.25, 0.3) is 5.57 Å². The van der Waals surface area contributed by atoms with Gasteiger partial charge in [0.15, 0.2) is 5.62 Å². The van der Waals surface area contributed by atoms with Gasteiger partial charge in [0.1, 0.15) is 0 Å². The number of amides is 1. The first-order valence-electron chi connectivity index (χ1n) is 12.2. The van der Waals surface area contributed by atoms with Crippen molar-refractivity contribution in [3.8, 4) is 0 Å². The molecule has 2 aromatic rings. The van der Waals surface area contributed by atoms with E-state index in [9.17, 15) is 4.79 Å². The van der Waals surface area contributed by atoms with Crippen LogP contribution in [0.15, 0.2) is 71.4 Å². The van der Waals surface area contributed by atoms with Crippen LogP contribution in [0.4, 0.5) is 0 Å². The lowest BCUT2D eigenvalue weighted by atomic mass is 9.95. The first-order chi connectivity index (χ1) is 17.1. The zero-order chi connectivity index (χ0) is 25.3. The van der Waals surface area contributed by atoms with E-state index in [0.717, 1.165) is 42.6 Å². The molecule has 0 atom stereocenters. The maximum Gasteiger partial charge on any atom is 0.236 e. The molecule has 6 nitrogen and oxygen atoms in total. The lowest BCUT2D eigenvalue weighted by Gasteiger charge is -2.30. The zero-order valence-corrected chi connectivity index (χ0v) is 21.3. The fourth-order valence-electron chi connectivity index (χ4n) is 3.85. The Morgan fingerprint density at radius 3 is 2.29 bits per heavy atom. The highest BCUT2D eigenvalue weighted by Gasteiger charge is 2.23. The van der Waals surface area contributed by atoms with Crippen molar-refractivity contribution in [1.82, 2.24) is 10.2 Å². The lowest BCUT2D eigenvalue weighted by Crippen LogP contribution is -2.41. The van der Waals surface area contributed by atoms with Gasteiger partial charge in [-0.3, -0.25) is 14.6 Å². The first-order valence-corrected chi connectivity index (χ1v) is 12.7. The lowest BCUT2D eigenvalue weighted by molar-refractivity contribution is -0.129. The van der Waals surface area contributed by atoms with E-state index >= 15 is 0 Å². The highest BCUT2D eigenvalue weighted by Crippen LogP contribution is 2.27. The van der Waals surface area contributed by atoms with Crippen molar-refractivity contribution >= 4 is 36.4 Å². The monoisotopic (exact) mass is 494 g/mol. The number of benzene rings is 2. The van der Waals surface area contributed by atoms with E-state index in [4.69, 9.17) is 10.5 Å². The van der Waals surface area contributed by atoms with Gasteiger partial charge in [-0.05, 0) is 50.1 Å². The Bertz CT molecular complexity index is 930. The van der Waals surface area contributed by atoms with Crippen molar-refractivity contribution in [2.24, 2.45) is 10.7 Å². The van der Waals surface area contributed by atoms with Crippen LogP contribution in [0, 0.1) is 0 Å². The second kappa shape index (κ2) is 16.8. The third kappa shape index (κ3) is 10.6. The number of nitrogens with one attached hydrogen (secondary N) is 1. The highest BCUT2D eigenvalue weighted by molar-refractivity contribution is 7.94. The van der Waals surface area contributed by atoms with E-state index in [1.807, 2.05) is 29.2 Å². The van der Waals surface area contributed by atoms with Crippen molar-refractivity contribution < 1.29 is 9.59 Å². The SMILES string of the molecule is C=NC1=C(c2ccccc2)CN(C(=O)CNCCCc2ccccc2)CC1.NC1CCC1.O=CS. The molecule has 1 aliphatic carbocycles. The maximum atomic E-state index is 12.6. The van der Waals surface area contributed by atoms with Crippen molar-refractivity contribution in [3.05, 3.63) is 77.5 Å². The van der Waals surface area contributed by atoms with Gasteiger partial charge in [-0.25, -0.2) is 0 Å². The van der Waals surface area contributed by atoms with Crippen molar-refractivity contribution in [2.75, 3.05) is 26.2 Å². The van der Waals surface area contributed by atoms with Crippen LogP contribution in [0.5, 0.6) is 0 Å². The Morgan fingerprint density at radius 2 is 1.74 bits per heavy atom. The van der Waals surface area contributed by atoms with E-state index in [-0.39, 0.29) is 5.91 Å². The molecular formula is C28H38N4O2S. The van der Waals surface area contributed by atoms with Crippen LogP contribution in [0.1, 0.15) is 43.2 Å². The topological polar surface area (TPSA) is 87.8 Å². The Kier molecular flexibility index (Phi) is 13.7. The molecule has 2 aliphatic rings. The molecule has 0 aromatic heterocycles. The van der Waals surface area contributed by atoms with Gasteiger partial charge in [-0.1, -0.05) is 67.1 Å². The summed E-state index contributed by atoms with van der Waals surface area (Å²) in [5.41, 5.74) is 10.4. The normalized spacial score (nSPS) is 15.1. The molecule has 7 heteroatoms. The number of aliphatic imine (C=N–C) groups is 1. The summed E-state index contributed by atoms with van der Waals surface area (Å²) in [7, 11) is 0. The largest absolute Gasteiger partial charge is 0.337 e. The fourth-order valence-corrected chi connectivity index (χ4v) is 3.85. The van der Waals surface area contributed by atoms with E-state index in [0.29, 0.717) is 31.3 Å². The van der Waals surface area contributed by atoms with Gasteiger partial charge in [0.05, 0.1) is 6.54 Å². The Hall–Kier alpha value is -2.74. The molecule has 2 aromatic carbocycles. The zero-order valence-electron chi connectivity index (χ0n) is 20.4. The van der Waals surface area contributed by atoms with Gasteiger partial charge >= 0.3 is 0 Å². The molecule has 0 saturated heterocycles. The number of aryl methyl sites for hydroxylation is 1. The van der Waals surface area contributed by atoms with Crippen molar-refractivity contribution in [1.29, 1.82) is 0 Å². The van der Waals surface area contributed by atoms with Crippen LogP contribution in [-0.2, 0) is 16.0 Å². The number of carbonyl (C=O) groups is 2. The number of carbonyl (C=O) groups excluding carboxylic acids is 2. The molecule has 3 N–H and O–H groups in total. The minimum atomic E-state index is 0.145. The second-order valence-electron chi connectivity index (χ2n) is 8.58. The van der Waals surface area contributed by atoms with E-state index in [2.05, 4.69) is 66.1 Å². The van der Waals surface area contributed by atoms with Gasteiger partial charge in [0.2, 0.25) is 5.91 Å². The van der Waals surface area contributed by atoms with Gasteiger partial charge < -0.3 is 16.0 Å². The number of nitrogens with zero attached hydrogens (tertiary/aromatic N) is 2. The number of nitrogens with two attached hydrogens (primary N) is 1. The van der Waals surface area contributed by atoms with Crippen molar-refractivity contribution in [2.45, 2.75) is 44.6 Å². The second-order valence-corrected chi connectivity index (χ2v) is 8.79. The third-order valence-electron chi connectivity index (χ3n) is 6.07. The molecular weight excluding hydrogens is 456 g/mol. The van der Waals surface area contributed by atoms with Gasteiger partial charge in [0, 0.05) is 36.8 Å². The summed E-state index contributed by atoms with van der Waals surface area (Å²) in [6.07, 6.45) is 6.70. The minimum absolute atomic E-state index is 0.145. The number of hydrogen-bond donors (Lipinski definition) is 3. The predicted molar refractivity (Wildman–Crippen MR) is 149 cm³/mol. The molecule has 0 spiro atoms. The quantitative estimate of drug-likeness (QED) is 0.223. The smallest absolute Gasteiger partial charge is 0.236 e. The Morgan fingerprint density at radius 1 is 1.14 bits per heavy atom. The fraction of sp³-hybridized carbons (Fsp3) is 0.393. The molecule has 1 fully saturated rings. The summed E-state index contributed by atoms with van der Waals surface area (Å²) in [6.45, 7) is 6.23. The summed E-state index contributed by atoms with van der Waals surface area (Å²) in [5.74, 6) is 0.145. The molecule has 1 aliphatic heterocycles. The average molecular weight is 495 g/mol. The molecule has 1 heterocycles. The average Bonchev–Trinajstić information content (AvgIpc) is 2.88. The summed E-state index contributed by atoms with van der Waals surface area (Å²) in [5, 5.41) is 3.29. The standard InChI is InChI=1S/C23H27N3O.C4H9N.CH2OS/c1-24-22-14-16-26(18-21(22)20-12-6-3-7-13-20)23(27)17-25-15-8-11-19-9-4-2-5-10-19;5-4-2-1-3-4;2-1-3/h2-7,9-10,12-13,25H,1,8,11,14-18H2;4H,1-3,5H2;1H,(H,2,3). The van der Waals surface area contributed by atoms with Crippen molar-refractivity contribution in [3.63, 3.8) is 0 Å². The first kappa shape index (κ1) is 28.5. The minimum Gasteiger partial charge on any atom is -0.337 e. The summed E-state index contributed by atoms with van der Waals surface area (Å²) in [4.78, 5) is 27.4. The summed E-state index contributed by atoms with van der Waals surface area (Å²) >= 11 is 3.11. The molecule has 1 amide bonds. The molecule has 0 bridgehead atoms. The van der Waals surface area contributed by atoms with E-state index < -0.39 is 0 Å². The highest BCUT2D eigenvalue weighted by atomic mass is 32.1. The van der Waals surface area contributed by atoms with Gasteiger partial charge in [-0.2, -0.15) is 0 Å². The number of rotatable bonds is 8. The van der Waals surface area contributed by atoms with Crippen LogP contribution in [-0.4, -0.2) is 55.4 Å². The Balaban J connectivity index is 0.000000462. The summed E-state index contributed by atoms with van der Waals surface area (Å²) < 4.78 is 0. The van der Waals surface area contributed by atoms with E-state index in [1.54, 1.807) is 0 Å². The summed E-state index contributed by atoms with van der Waals surface area (Å²) in [6, 6.07) is 21.2. The van der Waals surface area contributed by atoms with E-state index in [1.165, 1.54) is 24.8 Å².